The zero-order chi connectivity index (χ0) is 9.54. The molecule has 1 aliphatic rings. The lowest BCUT2D eigenvalue weighted by Gasteiger charge is -1.93. The third-order valence-corrected chi connectivity index (χ3v) is 2.40. The second-order valence-electron chi connectivity index (χ2n) is 3.86. The van der Waals surface area contributed by atoms with Crippen LogP contribution in [0.2, 0.25) is 0 Å². The van der Waals surface area contributed by atoms with Crippen LogP contribution >= 0.6 is 0 Å². The summed E-state index contributed by atoms with van der Waals surface area (Å²) in [7, 11) is 0. The van der Waals surface area contributed by atoms with E-state index in [4.69, 9.17) is 0 Å². The fraction of sp³-hybridized carbons (Fsp3) is 0.400. The molecule has 1 N–H and O–H groups in total. The van der Waals surface area contributed by atoms with E-state index in [9.17, 15) is 0 Å². The maximum absolute atomic E-state index is 4.39. The van der Waals surface area contributed by atoms with Gasteiger partial charge in [0, 0.05) is 12.2 Å². The SMILES string of the molecule is Cc1ccn2nc(NC3CC3)nc2c1. The summed E-state index contributed by atoms with van der Waals surface area (Å²) >= 11 is 0. The molecule has 4 heteroatoms. The molecule has 4 nitrogen and oxygen atoms in total. The molecule has 0 spiro atoms. The van der Waals surface area contributed by atoms with E-state index in [2.05, 4.69) is 22.3 Å². The van der Waals surface area contributed by atoms with Crippen LogP contribution in [0.4, 0.5) is 5.95 Å². The van der Waals surface area contributed by atoms with E-state index in [1.807, 2.05) is 18.3 Å². The Kier molecular flexibility index (Phi) is 1.50. The molecule has 1 aliphatic carbocycles. The molecule has 0 bridgehead atoms. The van der Waals surface area contributed by atoms with Gasteiger partial charge in [0.15, 0.2) is 5.65 Å². The molecule has 2 aromatic rings. The number of pyridine rings is 1. The lowest BCUT2D eigenvalue weighted by molar-refractivity contribution is 0.947. The Morgan fingerprint density at radius 2 is 2.36 bits per heavy atom. The molecule has 14 heavy (non-hydrogen) atoms. The Bertz CT molecular complexity index is 470. The number of aryl methyl sites for hydroxylation is 1. The number of anilines is 1. The number of hydrogen-bond donors (Lipinski definition) is 1. The van der Waals surface area contributed by atoms with Gasteiger partial charge in [0.2, 0.25) is 5.95 Å². The summed E-state index contributed by atoms with van der Waals surface area (Å²) in [6, 6.07) is 4.67. The minimum atomic E-state index is 0.605. The third-order valence-electron chi connectivity index (χ3n) is 2.40. The summed E-state index contributed by atoms with van der Waals surface area (Å²) in [6.07, 6.45) is 4.43. The molecular formula is C10H12N4. The number of aromatic nitrogens is 3. The molecule has 3 rings (SSSR count). The van der Waals surface area contributed by atoms with Crippen molar-refractivity contribution in [2.45, 2.75) is 25.8 Å². The number of nitrogens with one attached hydrogen (secondary N) is 1. The van der Waals surface area contributed by atoms with Crippen LogP contribution in [0.25, 0.3) is 5.65 Å². The minimum Gasteiger partial charge on any atom is -0.350 e. The third kappa shape index (κ3) is 1.32. The predicted octanol–water partition coefficient (Wildman–Crippen LogP) is 1.61. The molecule has 1 fully saturated rings. The van der Waals surface area contributed by atoms with E-state index >= 15 is 0 Å². The van der Waals surface area contributed by atoms with Gasteiger partial charge in [-0.05, 0) is 37.5 Å². The zero-order valence-electron chi connectivity index (χ0n) is 8.07. The van der Waals surface area contributed by atoms with Crippen LogP contribution in [0.15, 0.2) is 18.3 Å². The lowest BCUT2D eigenvalue weighted by atomic mass is 10.3. The standard InChI is InChI=1S/C10H12N4/c1-7-4-5-14-9(6-7)12-10(13-14)11-8-2-3-8/h4-6,8H,2-3H2,1H3,(H,11,13). The van der Waals surface area contributed by atoms with Crippen LogP contribution in [0.3, 0.4) is 0 Å². The van der Waals surface area contributed by atoms with Gasteiger partial charge < -0.3 is 5.32 Å². The minimum absolute atomic E-state index is 0.605. The largest absolute Gasteiger partial charge is 0.350 e. The van der Waals surface area contributed by atoms with E-state index in [1.54, 1.807) is 4.52 Å². The fourth-order valence-corrected chi connectivity index (χ4v) is 1.45. The average Bonchev–Trinajstić information content (AvgIpc) is 2.84. The normalized spacial score (nSPS) is 16.1. The summed E-state index contributed by atoms with van der Waals surface area (Å²) in [6.45, 7) is 2.06. The van der Waals surface area contributed by atoms with E-state index in [1.165, 1.54) is 18.4 Å². The average molecular weight is 188 g/mol. The number of rotatable bonds is 2. The van der Waals surface area contributed by atoms with Crippen LogP contribution in [-0.4, -0.2) is 20.6 Å². The molecule has 0 aromatic carbocycles. The van der Waals surface area contributed by atoms with Gasteiger partial charge >= 0.3 is 0 Å². The molecular weight excluding hydrogens is 176 g/mol. The molecule has 0 saturated heterocycles. The Balaban J connectivity index is 2.01. The summed E-state index contributed by atoms with van der Waals surface area (Å²) < 4.78 is 1.80. The van der Waals surface area contributed by atoms with Gasteiger partial charge in [-0.15, -0.1) is 5.10 Å². The molecule has 2 aromatic heterocycles. The molecule has 0 atom stereocenters. The van der Waals surface area contributed by atoms with E-state index in [0.717, 1.165) is 11.6 Å². The highest BCUT2D eigenvalue weighted by molar-refractivity contribution is 5.45. The van der Waals surface area contributed by atoms with Gasteiger partial charge in [-0.3, -0.25) is 0 Å². The van der Waals surface area contributed by atoms with Crippen LogP contribution in [-0.2, 0) is 0 Å². The highest BCUT2D eigenvalue weighted by atomic mass is 15.3. The van der Waals surface area contributed by atoms with Gasteiger partial charge in [0.1, 0.15) is 0 Å². The van der Waals surface area contributed by atoms with Crippen LogP contribution in [0.1, 0.15) is 18.4 Å². The Morgan fingerprint density at radius 1 is 1.50 bits per heavy atom. The summed E-state index contributed by atoms with van der Waals surface area (Å²) in [4.78, 5) is 4.39. The molecule has 72 valence electrons. The van der Waals surface area contributed by atoms with E-state index in [-0.39, 0.29) is 0 Å². The van der Waals surface area contributed by atoms with Crippen molar-refractivity contribution in [1.82, 2.24) is 14.6 Å². The summed E-state index contributed by atoms with van der Waals surface area (Å²) in [5.41, 5.74) is 2.12. The first-order chi connectivity index (χ1) is 6.81. The number of hydrogen-bond acceptors (Lipinski definition) is 3. The van der Waals surface area contributed by atoms with Gasteiger partial charge in [-0.2, -0.15) is 4.98 Å². The van der Waals surface area contributed by atoms with Crippen molar-refractivity contribution in [3.8, 4) is 0 Å². The van der Waals surface area contributed by atoms with E-state index < -0.39 is 0 Å². The first-order valence-corrected chi connectivity index (χ1v) is 4.91. The maximum Gasteiger partial charge on any atom is 0.243 e. The summed E-state index contributed by atoms with van der Waals surface area (Å²) in [5.74, 6) is 0.748. The van der Waals surface area contributed by atoms with Gasteiger partial charge in [0.05, 0.1) is 0 Å². The highest BCUT2D eigenvalue weighted by Gasteiger charge is 2.22. The molecule has 1 saturated carbocycles. The first-order valence-electron chi connectivity index (χ1n) is 4.91. The van der Waals surface area contributed by atoms with Crippen molar-refractivity contribution in [2.24, 2.45) is 0 Å². The molecule has 0 unspecified atom stereocenters. The zero-order valence-corrected chi connectivity index (χ0v) is 8.07. The molecule has 2 heterocycles. The summed E-state index contributed by atoms with van der Waals surface area (Å²) in [5, 5.41) is 7.61. The second-order valence-corrected chi connectivity index (χ2v) is 3.86. The van der Waals surface area contributed by atoms with Crippen molar-refractivity contribution < 1.29 is 0 Å². The van der Waals surface area contributed by atoms with Gasteiger partial charge in [-0.25, -0.2) is 4.52 Å². The lowest BCUT2D eigenvalue weighted by Crippen LogP contribution is -2.02. The van der Waals surface area contributed by atoms with Gasteiger partial charge in [-0.1, -0.05) is 0 Å². The van der Waals surface area contributed by atoms with Gasteiger partial charge in [0.25, 0.3) is 0 Å². The fourth-order valence-electron chi connectivity index (χ4n) is 1.45. The molecule has 0 aliphatic heterocycles. The number of fused-ring (bicyclic) bond motifs is 1. The van der Waals surface area contributed by atoms with Crippen LogP contribution in [0.5, 0.6) is 0 Å². The second kappa shape index (κ2) is 2.70. The number of nitrogens with zero attached hydrogens (tertiary/aromatic N) is 3. The quantitative estimate of drug-likeness (QED) is 0.778. The smallest absolute Gasteiger partial charge is 0.243 e. The maximum atomic E-state index is 4.39. The van der Waals surface area contributed by atoms with Crippen molar-refractivity contribution >= 4 is 11.6 Å². The van der Waals surface area contributed by atoms with E-state index in [0.29, 0.717) is 6.04 Å². The monoisotopic (exact) mass is 188 g/mol. The Hall–Kier alpha value is -1.58. The van der Waals surface area contributed by atoms with Crippen LogP contribution < -0.4 is 5.32 Å². The topological polar surface area (TPSA) is 42.2 Å². The first kappa shape index (κ1) is 7.79. The van der Waals surface area contributed by atoms with Crippen molar-refractivity contribution in [1.29, 1.82) is 0 Å². The molecule has 0 amide bonds. The highest BCUT2D eigenvalue weighted by Crippen LogP contribution is 2.23. The molecule has 0 radical (unpaired) electrons. The van der Waals surface area contributed by atoms with Crippen molar-refractivity contribution in [2.75, 3.05) is 5.32 Å². The van der Waals surface area contributed by atoms with Crippen molar-refractivity contribution in [3.05, 3.63) is 23.9 Å². The Labute approximate surface area is 82.0 Å². The van der Waals surface area contributed by atoms with Crippen LogP contribution in [0, 0.1) is 6.92 Å². The van der Waals surface area contributed by atoms with Crippen molar-refractivity contribution in [3.63, 3.8) is 0 Å². The predicted molar refractivity (Wildman–Crippen MR) is 54.4 cm³/mol. The Morgan fingerprint density at radius 3 is 3.14 bits per heavy atom.